The molecule has 0 atom stereocenters. The zero-order valence-corrected chi connectivity index (χ0v) is 13.7. The molecule has 2 rings (SSSR count). The molecule has 0 saturated carbocycles. The standard InChI is InChI=1S/C16H23N3OS/c1-11-4-5-13(12(2)10-11)14(20)18-16(15(17)21)6-8-19(3)9-7-16/h4-5,10H,6-9H2,1-3H3,(H2,17,21)(H,18,20). The van der Waals surface area contributed by atoms with Gasteiger partial charge >= 0.3 is 0 Å². The smallest absolute Gasteiger partial charge is 0.252 e. The lowest BCUT2D eigenvalue weighted by Crippen LogP contribution is -2.61. The highest BCUT2D eigenvalue weighted by Gasteiger charge is 2.38. The van der Waals surface area contributed by atoms with E-state index in [1.807, 2.05) is 32.0 Å². The van der Waals surface area contributed by atoms with Gasteiger partial charge in [-0.3, -0.25) is 4.79 Å². The summed E-state index contributed by atoms with van der Waals surface area (Å²) >= 11 is 5.23. The van der Waals surface area contributed by atoms with Crippen LogP contribution in [0, 0.1) is 13.8 Å². The summed E-state index contributed by atoms with van der Waals surface area (Å²) in [4.78, 5) is 15.2. The van der Waals surface area contributed by atoms with Gasteiger partial charge in [-0.15, -0.1) is 0 Å². The van der Waals surface area contributed by atoms with Crippen molar-refractivity contribution >= 4 is 23.1 Å². The molecule has 114 valence electrons. The minimum Gasteiger partial charge on any atom is -0.391 e. The summed E-state index contributed by atoms with van der Waals surface area (Å²) in [7, 11) is 2.06. The van der Waals surface area contributed by atoms with Crippen LogP contribution in [-0.4, -0.2) is 41.5 Å². The topological polar surface area (TPSA) is 58.4 Å². The Hall–Kier alpha value is -1.46. The normalized spacial score (nSPS) is 18.2. The number of carbonyl (C=O) groups is 1. The summed E-state index contributed by atoms with van der Waals surface area (Å²) in [5, 5.41) is 3.10. The van der Waals surface area contributed by atoms with Crippen LogP contribution in [0.2, 0.25) is 0 Å². The van der Waals surface area contributed by atoms with Crippen LogP contribution in [0.3, 0.4) is 0 Å². The fraction of sp³-hybridized carbons (Fsp3) is 0.500. The van der Waals surface area contributed by atoms with Crippen LogP contribution in [0.15, 0.2) is 18.2 Å². The number of nitrogens with two attached hydrogens (primary N) is 1. The number of hydrogen-bond acceptors (Lipinski definition) is 3. The van der Waals surface area contributed by atoms with Gasteiger partial charge in [-0.1, -0.05) is 29.9 Å². The number of benzene rings is 1. The average molecular weight is 305 g/mol. The predicted octanol–water partition coefficient (Wildman–Crippen LogP) is 1.78. The number of amides is 1. The fourth-order valence-corrected chi connectivity index (χ4v) is 3.04. The van der Waals surface area contributed by atoms with Gasteiger partial charge in [0.1, 0.15) is 0 Å². The average Bonchev–Trinajstić information content (AvgIpc) is 2.41. The Morgan fingerprint density at radius 1 is 1.33 bits per heavy atom. The van der Waals surface area contributed by atoms with E-state index < -0.39 is 5.54 Å². The second-order valence-electron chi connectivity index (χ2n) is 6.02. The van der Waals surface area contributed by atoms with Crippen molar-refractivity contribution in [2.75, 3.05) is 20.1 Å². The highest BCUT2D eigenvalue weighted by Crippen LogP contribution is 2.23. The van der Waals surface area contributed by atoms with Gasteiger partial charge < -0.3 is 16.0 Å². The molecule has 1 aromatic carbocycles. The number of aryl methyl sites for hydroxylation is 2. The van der Waals surface area contributed by atoms with Gasteiger partial charge in [-0.05, 0) is 45.4 Å². The molecule has 0 radical (unpaired) electrons. The van der Waals surface area contributed by atoms with E-state index in [9.17, 15) is 4.79 Å². The third-order valence-electron chi connectivity index (χ3n) is 4.29. The van der Waals surface area contributed by atoms with Crippen LogP contribution in [0.25, 0.3) is 0 Å². The minimum atomic E-state index is -0.559. The van der Waals surface area contributed by atoms with E-state index in [-0.39, 0.29) is 5.91 Å². The van der Waals surface area contributed by atoms with Crippen molar-refractivity contribution in [1.29, 1.82) is 0 Å². The van der Waals surface area contributed by atoms with Crippen molar-refractivity contribution < 1.29 is 4.79 Å². The van der Waals surface area contributed by atoms with Crippen molar-refractivity contribution in [3.8, 4) is 0 Å². The maximum absolute atomic E-state index is 12.6. The van der Waals surface area contributed by atoms with E-state index in [1.165, 1.54) is 0 Å². The van der Waals surface area contributed by atoms with E-state index >= 15 is 0 Å². The van der Waals surface area contributed by atoms with E-state index in [0.717, 1.165) is 37.1 Å². The summed E-state index contributed by atoms with van der Waals surface area (Å²) in [5.74, 6) is -0.0927. The van der Waals surface area contributed by atoms with Crippen molar-refractivity contribution in [1.82, 2.24) is 10.2 Å². The number of nitrogens with one attached hydrogen (secondary N) is 1. The number of rotatable bonds is 3. The third kappa shape index (κ3) is 3.41. The third-order valence-corrected chi connectivity index (χ3v) is 4.68. The Balaban J connectivity index is 2.21. The van der Waals surface area contributed by atoms with Gasteiger partial charge in [-0.25, -0.2) is 0 Å². The number of piperidine rings is 1. The van der Waals surface area contributed by atoms with E-state index in [1.54, 1.807) is 0 Å². The quantitative estimate of drug-likeness (QED) is 0.836. The Morgan fingerprint density at radius 2 is 1.95 bits per heavy atom. The first-order chi connectivity index (χ1) is 9.84. The van der Waals surface area contributed by atoms with Gasteiger partial charge in [-0.2, -0.15) is 0 Å². The van der Waals surface area contributed by atoms with Gasteiger partial charge in [0.2, 0.25) is 0 Å². The SMILES string of the molecule is Cc1ccc(C(=O)NC2(C(N)=S)CCN(C)CC2)c(C)c1. The van der Waals surface area contributed by atoms with E-state index in [4.69, 9.17) is 18.0 Å². The molecule has 5 heteroatoms. The summed E-state index contributed by atoms with van der Waals surface area (Å²) in [5.41, 5.74) is 8.18. The number of carbonyl (C=O) groups excluding carboxylic acids is 1. The van der Waals surface area contributed by atoms with Crippen LogP contribution in [0.1, 0.15) is 34.3 Å². The fourth-order valence-electron chi connectivity index (χ4n) is 2.79. The molecule has 21 heavy (non-hydrogen) atoms. The van der Waals surface area contributed by atoms with Crippen molar-refractivity contribution in [3.05, 3.63) is 34.9 Å². The molecular weight excluding hydrogens is 282 g/mol. The summed E-state index contributed by atoms with van der Waals surface area (Å²) in [6.07, 6.45) is 1.52. The lowest BCUT2D eigenvalue weighted by Gasteiger charge is -2.40. The molecule has 1 fully saturated rings. The lowest BCUT2D eigenvalue weighted by atomic mass is 9.87. The first kappa shape index (κ1) is 15.9. The van der Waals surface area contributed by atoms with E-state index in [2.05, 4.69) is 17.3 Å². The first-order valence-corrected chi connectivity index (χ1v) is 7.63. The Kier molecular flexibility index (Phi) is 4.64. The maximum atomic E-state index is 12.6. The van der Waals surface area contributed by atoms with Gasteiger partial charge in [0.15, 0.2) is 0 Å². The highest BCUT2D eigenvalue weighted by molar-refractivity contribution is 7.80. The van der Waals surface area contributed by atoms with Crippen LogP contribution in [-0.2, 0) is 0 Å². The van der Waals surface area contributed by atoms with Gasteiger partial charge in [0.25, 0.3) is 5.91 Å². The Bertz CT molecular complexity index is 563. The second kappa shape index (κ2) is 6.12. The highest BCUT2D eigenvalue weighted by atomic mass is 32.1. The van der Waals surface area contributed by atoms with Gasteiger partial charge in [0.05, 0.1) is 10.5 Å². The first-order valence-electron chi connectivity index (χ1n) is 7.22. The van der Waals surface area contributed by atoms with Gasteiger partial charge in [0, 0.05) is 18.7 Å². The molecule has 0 spiro atoms. The molecule has 1 saturated heterocycles. The lowest BCUT2D eigenvalue weighted by molar-refractivity contribution is 0.0889. The van der Waals surface area contributed by atoms with Crippen LogP contribution >= 0.6 is 12.2 Å². The molecule has 4 nitrogen and oxygen atoms in total. The van der Waals surface area contributed by atoms with Crippen LogP contribution in [0.4, 0.5) is 0 Å². The summed E-state index contributed by atoms with van der Waals surface area (Å²) in [6.45, 7) is 5.72. The molecule has 0 bridgehead atoms. The molecule has 1 aromatic rings. The van der Waals surface area contributed by atoms with Crippen LogP contribution < -0.4 is 11.1 Å². The zero-order chi connectivity index (χ0) is 15.6. The number of hydrogen-bond donors (Lipinski definition) is 2. The van der Waals surface area contributed by atoms with Crippen molar-refractivity contribution in [3.63, 3.8) is 0 Å². The molecule has 1 aliphatic heterocycles. The Labute approximate surface area is 131 Å². The maximum Gasteiger partial charge on any atom is 0.252 e. The summed E-state index contributed by atoms with van der Waals surface area (Å²) < 4.78 is 0. The second-order valence-corrected chi connectivity index (χ2v) is 6.46. The molecule has 0 aromatic heterocycles. The number of nitrogens with zero attached hydrogens (tertiary/aromatic N) is 1. The molecule has 3 N–H and O–H groups in total. The number of likely N-dealkylation sites (tertiary alicyclic amines) is 1. The van der Waals surface area contributed by atoms with Crippen LogP contribution in [0.5, 0.6) is 0 Å². The molecule has 1 aliphatic rings. The Morgan fingerprint density at radius 3 is 2.48 bits per heavy atom. The number of thiocarbonyl (C=S) groups is 1. The molecule has 0 aliphatic carbocycles. The minimum absolute atomic E-state index is 0.0927. The monoisotopic (exact) mass is 305 g/mol. The van der Waals surface area contributed by atoms with E-state index in [0.29, 0.717) is 10.6 Å². The molecular formula is C16H23N3OS. The molecule has 0 unspecified atom stereocenters. The summed E-state index contributed by atoms with van der Waals surface area (Å²) in [6, 6.07) is 5.82. The van der Waals surface area contributed by atoms with Crippen molar-refractivity contribution in [2.24, 2.45) is 5.73 Å². The zero-order valence-electron chi connectivity index (χ0n) is 12.9. The van der Waals surface area contributed by atoms with Crippen molar-refractivity contribution in [2.45, 2.75) is 32.2 Å². The molecule has 1 heterocycles. The predicted molar refractivity (Wildman–Crippen MR) is 89.6 cm³/mol. The largest absolute Gasteiger partial charge is 0.391 e. The molecule has 1 amide bonds.